The highest BCUT2D eigenvalue weighted by molar-refractivity contribution is 5.89. The van der Waals surface area contributed by atoms with E-state index in [-0.39, 0.29) is 11.9 Å². The topological polar surface area (TPSA) is 69.6 Å². The van der Waals surface area contributed by atoms with Gasteiger partial charge in [0.1, 0.15) is 6.04 Å². The molecule has 1 saturated heterocycles. The normalized spacial score (nSPS) is 25.4. The van der Waals surface area contributed by atoms with Crippen molar-refractivity contribution in [2.75, 3.05) is 6.54 Å². The van der Waals surface area contributed by atoms with Gasteiger partial charge in [-0.05, 0) is 24.0 Å². The number of hydrogen-bond donors (Lipinski definition) is 2. The van der Waals surface area contributed by atoms with Gasteiger partial charge in [0, 0.05) is 13.1 Å². The molecule has 0 radical (unpaired) electrons. The zero-order valence-electron chi connectivity index (χ0n) is 10.5. The van der Waals surface area contributed by atoms with Gasteiger partial charge in [-0.25, -0.2) is 4.79 Å². The largest absolute Gasteiger partial charge is 0.480 e. The molecular weight excluding hydrogens is 244 g/mol. The molecular formula is C14H16N2O3. The molecule has 5 heteroatoms. The molecule has 2 aliphatic rings. The van der Waals surface area contributed by atoms with E-state index in [0.717, 1.165) is 0 Å². The SMILES string of the molecule is O=C(O)[C@@H]1CCN1C(=O)[C@H]1Cc2ccccc2CN1. The molecule has 2 atom stereocenters. The van der Waals surface area contributed by atoms with Gasteiger partial charge < -0.3 is 15.3 Å². The Morgan fingerprint density at radius 3 is 2.63 bits per heavy atom. The van der Waals surface area contributed by atoms with Gasteiger partial charge in [-0.1, -0.05) is 24.3 Å². The number of carboxylic acids is 1. The molecule has 0 saturated carbocycles. The van der Waals surface area contributed by atoms with E-state index in [1.807, 2.05) is 24.3 Å². The number of nitrogens with zero attached hydrogens (tertiary/aromatic N) is 1. The van der Waals surface area contributed by atoms with Crippen molar-refractivity contribution >= 4 is 11.9 Å². The maximum atomic E-state index is 12.3. The van der Waals surface area contributed by atoms with E-state index in [1.165, 1.54) is 16.0 Å². The van der Waals surface area contributed by atoms with Gasteiger partial charge in [-0.15, -0.1) is 0 Å². The van der Waals surface area contributed by atoms with E-state index >= 15 is 0 Å². The predicted octanol–water partition coefficient (Wildman–Crippen LogP) is 0.386. The molecule has 100 valence electrons. The highest BCUT2D eigenvalue weighted by Crippen LogP contribution is 2.22. The molecule has 19 heavy (non-hydrogen) atoms. The zero-order valence-corrected chi connectivity index (χ0v) is 10.5. The van der Waals surface area contributed by atoms with E-state index < -0.39 is 12.0 Å². The number of nitrogens with one attached hydrogen (secondary N) is 1. The predicted molar refractivity (Wildman–Crippen MR) is 68.5 cm³/mol. The average Bonchev–Trinajstić information content (AvgIpc) is 2.36. The molecule has 2 aliphatic heterocycles. The lowest BCUT2D eigenvalue weighted by molar-refractivity contribution is -0.158. The van der Waals surface area contributed by atoms with Crippen LogP contribution in [0.2, 0.25) is 0 Å². The Hall–Kier alpha value is -1.88. The fourth-order valence-corrected chi connectivity index (χ4v) is 2.74. The molecule has 0 aromatic heterocycles. The van der Waals surface area contributed by atoms with Crippen LogP contribution in [0.3, 0.4) is 0 Å². The van der Waals surface area contributed by atoms with E-state index in [4.69, 9.17) is 5.11 Å². The summed E-state index contributed by atoms with van der Waals surface area (Å²) in [5.74, 6) is -0.996. The molecule has 0 bridgehead atoms. The minimum Gasteiger partial charge on any atom is -0.480 e. The smallest absolute Gasteiger partial charge is 0.326 e. The van der Waals surface area contributed by atoms with E-state index in [9.17, 15) is 9.59 Å². The number of carboxylic acid groups (broad SMARTS) is 1. The van der Waals surface area contributed by atoms with Gasteiger partial charge in [-0.2, -0.15) is 0 Å². The molecule has 2 N–H and O–H groups in total. The summed E-state index contributed by atoms with van der Waals surface area (Å²) in [7, 11) is 0. The lowest BCUT2D eigenvalue weighted by atomic mass is 9.93. The fourth-order valence-electron chi connectivity index (χ4n) is 2.74. The first-order valence-electron chi connectivity index (χ1n) is 6.50. The number of amides is 1. The number of carbonyl (C=O) groups excluding carboxylic acids is 1. The second-order valence-corrected chi connectivity index (χ2v) is 5.08. The summed E-state index contributed by atoms with van der Waals surface area (Å²) in [4.78, 5) is 24.7. The van der Waals surface area contributed by atoms with Crippen LogP contribution in [0.15, 0.2) is 24.3 Å². The van der Waals surface area contributed by atoms with Crippen molar-refractivity contribution in [3.8, 4) is 0 Å². The van der Waals surface area contributed by atoms with Crippen molar-refractivity contribution in [2.24, 2.45) is 0 Å². The number of aliphatic carboxylic acids is 1. The Morgan fingerprint density at radius 2 is 2.00 bits per heavy atom. The minimum atomic E-state index is -0.907. The molecule has 1 fully saturated rings. The highest BCUT2D eigenvalue weighted by Gasteiger charge is 2.40. The van der Waals surface area contributed by atoms with Crippen LogP contribution in [0, 0.1) is 0 Å². The first-order chi connectivity index (χ1) is 9.16. The van der Waals surface area contributed by atoms with Crippen molar-refractivity contribution in [2.45, 2.75) is 31.5 Å². The van der Waals surface area contributed by atoms with Crippen LogP contribution < -0.4 is 5.32 Å². The number of benzene rings is 1. The molecule has 1 amide bonds. The van der Waals surface area contributed by atoms with Crippen molar-refractivity contribution in [3.05, 3.63) is 35.4 Å². The minimum absolute atomic E-state index is 0.0897. The molecule has 0 unspecified atom stereocenters. The van der Waals surface area contributed by atoms with E-state index in [1.54, 1.807) is 0 Å². The quantitative estimate of drug-likeness (QED) is 0.807. The Kier molecular flexibility index (Phi) is 2.98. The summed E-state index contributed by atoms with van der Waals surface area (Å²) in [6.45, 7) is 1.22. The van der Waals surface area contributed by atoms with Crippen molar-refractivity contribution in [1.82, 2.24) is 10.2 Å². The third-order valence-electron chi connectivity index (χ3n) is 3.97. The van der Waals surface area contributed by atoms with E-state index in [0.29, 0.717) is 25.9 Å². The standard InChI is InChI=1S/C14H16N2O3/c17-13(16-6-5-12(16)14(18)19)11-7-9-3-1-2-4-10(9)8-15-11/h1-4,11-12,15H,5-8H2,(H,18,19)/t11-,12+/m1/s1. The van der Waals surface area contributed by atoms with E-state index in [2.05, 4.69) is 5.32 Å². The van der Waals surface area contributed by atoms with Crippen LogP contribution in [0.5, 0.6) is 0 Å². The number of carbonyl (C=O) groups is 2. The molecule has 3 rings (SSSR count). The van der Waals surface area contributed by atoms with Crippen LogP contribution in [-0.4, -0.2) is 40.5 Å². The maximum Gasteiger partial charge on any atom is 0.326 e. The molecule has 2 heterocycles. The first-order valence-corrected chi connectivity index (χ1v) is 6.50. The zero-order chi connectivity index (χ0) is 13.4. The number of rotatable bonds is 2. The summed E-state index contributed by atoms with van der Waals surface area (Å²) in [5, 5.41) is 12.2. The van der Waals surface area contributed by atoms with Gasteiger partial charge in [0.2, 0.25) is 5.91 Å². The summed E-state index contributed by atoms with van der Waals surface area (Å²) in [5.41, 5.74) is 2.39. The lowest BCUT2D eigenvalue weighted by Gasteiger charge is -2.41. The van der Waals surface area contributed by atoms with Gasteiger partial charge >= 0.3 is 5.97 Å². The Labute approximate surface area is 111 Å². The monoisotopic (exact) mass is 260 g/mol. The van der Waals surface area contributed by atoms with Crippen LogP contribution in [-0.2, 0) is 22.6 Å². The fraction of sp³-hybridized carbons (Fsp3) is 0.429. The first kappa shape index (κ1) is 12.2. The molecule has 5 nitrogen and oxygen atoms in total. The van der Waals surface area contributed by atoms with Crippen LogP contribution >= 0.6 is 0 Å². The Bertz CT molecular complexity index is 529. The highest BCUT2D eigenvalue weighted by atomic mass is 16.4. The van der Waals surface area contributed by atoms with Crippen molar-refractivity contribution in [3.63, 3.8) is 0 Å². The number of likely N-dealkylation sites (tertiary alicyclic amines) is 1. The number of hydrogen-bond acceptors (Lipinski definition) is 3. The van der Waals surface area contributed by atoms with Gasteiger partial charge in [0.15, 0.2) is 0 Å². The van der Waals surface area contributed by atoms with Crippen LogP contribution in [0.1, 0.15) is 17.5 Å². The van der Waals surface area contributed by atoms with Crippen molar-refractivity contribution < 1.29 is 14.7 Å². The van der Waals surface area contributed by atoms with Crippen molar-refractivity contribution in [1.29, 1.82) is 0 Å². The van der Waals surface area contributed by atoms with Gasteiger partial charge in [0.05, 0.1) is 6.04 Å². The summed E-state index contributed by atoms with van der Waals surface area (Å²) in [6, 6.07) is 7.10. The third kappa shape index (κ3) is 2.10. The summed E-state index contributed by atoms with van der Waals surface area (Å²) in [6.07, 6.45) is 1.20. The maximum absolute atomic E-state index is 12.3. The summed E-state index contributed by atoms with van der Waals surface area (Å²) >= 11 is 0. The second-order valence-electron chi connectivity index (χ2n) is 5.08. The Morgan fingerprint density at radius 1 is 1.26 bits per heavy atom. The molecule has 0 aliphatic carbocycles. The average molecular weight is 260 g/mol. The molecule has 1 aromatic rings. The second kappa shape index (κ2) is 4.66. The van der Waals surface area contributed by atoms with Crippen LogP contribution in [0.4, 0.5) is 0 Å². The van der Waals surface area contributed by atoms with Crippen LogP contribution in [0.25, 0.3) is 0 Å². The summed E-state index contributed by atoms with van der Waals surface area (Å²) < 4.78 is 0. The van der Waals surface area contributed by atoms with Gasteiger partial charge in [-0.3, -0.25) is 4.79 Å². The Balaban J connectivity index is 1.71. The number of fused-ring (bicyclic) bond motifs is 1. The lowest BCUT2D eigenvalue weighted by Crippen LogP contribution is -2.60. The van der Waals surface area contributed by atoms with Gasteiger partial charge in [0.25, 0.3) is 0 Å². The molecule has 0 spiro atoms. The third-order valence-corrected chi connectivity index (χ3v) is 3.97. The molecule has 1 aromatic carbocycles.